The smallest absolute Gasteiger partial charge is 0.165 e. The summed E-state index contributed by atoms with van der Waals surface area (Å²) < 4.78 is 2.24. The second kappa shape index (κ2) is 7.90. The molecule has 0 spiro atoms. The Hall–Kier alpha value is -2.36. The van der Waals surface area contributed by atoms with E-state index in [-0.39, 0.29) is 0 Å². The molecule has 2 heterocycles. The fraction of sp³-hybridized carbons (Fsp3) is 0.455. The van der Waals surface area contributed by atoms with Crippen molar-refractivity contribution < 1.29 is 0 Å². The zero-order valence-electron chi connectivity index (χ0n) is 16.7. The minimum atomic E-state index is 0.924. The number of benzene rings is 1. The van der Waals surface area contributed by atoms with E-state index in [9.17, 15) is 0 Å². The van der Waals surface area contributed by atoms with Gasteiger partial charge >= 0.3 is 0 Å². The van der Waals surface area contributed by atoms with Gasteiger partial charge < -0.3 is 4.90 Å². The molecule has 3 aromatic rings. The summed E-state index contributed by atoms with van der Waals surface area (Å²) >= 11 is 0. The molecule has 26 heavy (non-hydrogen) atoms. The minimum Gasteiger partial charge on any atom is -0.356 e. The van der Waals surface area contributed by atoms with Crippen molar-refractivity contribution in [1.82, 2.24) is 14.4 Å². The van der Waals surface area contributed by atoms with Gasteiger partial charge in [0.1, 0.15) is 11.5 Å². The molecule has 0 radical (unpaired) electrons. The highest BCUT2D eigenvalue weighted by Crippen LogP contribution is 2.31. The van der Waals surface area contributed by atoms with Gasteiger partial charge in [0, 0.05) is 31.0 Å². The van der Waals surface area contributed by atoms with E-state index in [1.807, 2.05) is 6.20 Å². The molecule has 0 aliphatic carbocycles. The first kappa shape index (κ1) is 18.4. The molecule has 0 unspecified atom stereocenters. The molecule has 0 aliphatic heterocycles. The summed E-state index contributed by atoms with van der Waals surface area (Å²) in [4.78, 5) is 12.2. The van der Waals surface area contributed by atoms with Gasteiger partial charge in [0.25, 0.3) is 0 Å². The normalized spacial score (nSPS) is 11.3. The van der Waals surface area contributed by atoms with Crippen molar-refractivity contribution in [3.05, 3.63) is 47.4 Å². The van der Waals surface area contributed by atoms with E-state index in [1.54, 1.807) is 0 Å². The van der Waals surface area contributed by atoms with Gasteiger partial charge in [-0.25, -0.2) is 4.98 Å². The maximum Gasteiger partial charge on any atom is 0.165 e. The van der Waals surface area contributed by atoms with Crippen molar-refractivity contribution in [3.63, 3.8) is 0 Å². The standard InChI is InChI=1S/C22H30N4/c1-6-12-25(13-7-2)22-19(8-3)24-21-20(23-11-14-26(21)22)18-10-9-16(4)15-17(18)5/h9-11,14-15H,6-8,12-13H2,1-5H3. The molecule has 0 fully saturated rings. The first-order valence-electron chi connectivity index (χ1n) is 9.79. The fourth-order valence-corrected chi connectivity index (χ4v) is 3.72. The van der Waals surface area contributed by atoms with Crippen LogP contribution < -0.4 is 4.90 Å². The number of fused-ring (bicyclic) bond motifs is 1. The van der Waals surface area contributed by atoms with Crippen LogP contribution in [0.4, 0.5) is 5.82 Å². The number of anilines is 1. The largest absolute Gasteiger partial charge is 0.356 e. The van der Waals surface area contributed by atoms with Crippen molar-refractivity contribution in [1.29, 1.82) is 0 Å². The maximum absolute atomic E-state index is 5.02. The zero-order chi connectivity index (χ0) is 18.7. The summed E-state index contributed by atoms with van der Waals surface area (Å²) in [7, 11) is 0. The zero-order valence-corrected chi connectivity index (χ0v) is 16.7. The van der Waals surface area contributed by atoms with Gasteiger partial charge in [-0.05, 0) is 38.7 Å². The summed E-state index contributed by atoms with van der Waals surface area (Å²) in [5.41, 5.74) is 6.77. The van der Waals surface area contributed by atoms with Crippen LogP contribution >= 0.6 is 0 Å². The number of aromatic nitrogens is 3. The molecule has 0 bridgehead atoms. The van der Waals surface area contributed by atoms with Crippen molar-refractivity contribution in [2.24, 2.45) is 0 Å². The number of nitrogens with zero attached hydrogens (tertiary/aromatic N) is 4. The van der Waals surface area contributed by atoms with Crippen molar-refractivity contribution in [2.75, 3.05) is 18.0 Å². The van der Waals surface area contributed by atoms with Crippen LogP contribution in [0.15, 0.2) is 30.6 Å². The molecule has 3 rings (SSSR count). The van der Waals surface area contributed by atoms with Crippen LogP contribution in [-0.2, 0) is 6.42 Å². The lowest BCUT2D eigenvalue weighted by atomic mass is 10.0. The fourth-order valence-electron chi connectivity index (χ4n) is 3.72. The molecule has 138 valence electrons. The molecule has 4 nitrogen and oxygen atoms in total. The topological polar surface area (TPSA) is 33.4 Å². The molecule has 4 heteroatoms. The lowest BCUT2D eigenvalue weighted by Gasteiger charge is -2.24. The second-order valence-electron chi connectivity index (χ2n) is 7.01. The van der Waals surface area contributed by atoms with Crippen molar-refractivity contribution in [3.8, 4) is 11.3 Å². The number of hydrogen-bond donors (Lipinski definition) is 0. The SMILES string of the molecule is CCCN(CCC)c1c(CC)nc2c(-c3ccc(C)cc3C)nccn12. The molecule has 0 N–H and O–H groups in total. The molecule has 2 aromatic heterocycles. The van der Waals surface area contributed by atoms with Crippen LogP contribution in [0.2, 0.25) is 0 Å². The third kappa shape index (κ3) is 3.33. The van der Waals surface area contributed by atoms with Gasteiger partial charge in [-0.3, -0.25) is 9.38 Å². The molecule has 0 saturated heterocycles. The number of imidazole rings is 1. The van der Waals surface area contributed by atoms with Crippen LogP contribution in [0.25, 0.3) is 16.9 Å². The van der Waals surface area contributed by atoms with E-state index >= 15 is 0 Å². The van der Waals surface area contributed by atoms with Gasteiger partial charge in [0.05, 0.1) is 5.69 Å². The Balaban J connectivity index is 2.23. The highest BCUT2D eigenvalue weighted by Gasteiger charge is 2.20. The van der Waals surface area contributed by atoms with Gasteiger partial charge in [-0.15, -0.1) is 0 Å². The third-order valence-electron chi connectivity index (χ3n) is 4.85. The molecule has 1 aromatic carbocycles. The predicted molar refractivity (Wildman–Crippen MR) is 110 cm³/mol. The summed E-state index contributed by atoms with van der Waals surface area (Å²) in [6.45, 7) is 13.0. The van der Waals surface area contributed by atoms with Crippen LogP contribution in [0, 0.1) is 13.8 Å². The van der Waals surface area contributed by atoms with Gasteiger partial charge in [0.15, 0.2) is 5.65 Å². The summed E-state index contributed by atoms with van der Waals surface area (Å²) in [5, 5.41) is 0. The average molecular weight is 351 g/mol. The lowest BCUT2D eigenvalue weighted by molar-refractivity contribution is 0.725. The number of aryl methyl sites for hydroxylation is 3. The van der Waals surface area contributed by atoms with E-state index in [2.05, 4.69) is 68.3 Å². The highest BCUT2D eigenvalue weighted by molar-refractivity contribution is 5.78. The Morgan fingerprint density at radius 1 is 1.04 bits per heavy atom. The number of hydrogen-bond acceptors (Lipinski definition) is 3. The van der Waals surface area contributed by atoms with Gasteiger partial charge in [0.2, 0.25) is 0 Å². The van der Waals surface area contributed by atoms with Gasteiger partial charge in [-0.1, -0.05) is 44.5 Å². The highest BCUT2D eigenvalue weighted by atomic mass is 15.3. The Morgan fingerprint density at radius 2 is 1.77 bits per heavy atom. The summed E-state index contributed by atoms with van der Waals surface area (Å²) in [5.74, 6) is 1.24. The maximum atomic E-state index is 5.02. The predicted octanol–water partition coefficient (Wildman–Crippen LogP) is 5.20. The Kier molecular flexibility index (Phi) is 5.60. The van der Waals surface area contributed by atoms with Crippen LogP contribution in [0.3, 0.4) is 0 Å². The van der Waals surface area contributed by atoms with Crippen LogP contribution in [-0.4, -0.2) is 27.5 Å². The van der Waals surface area contributed by atoms with E-state index in [0.29, 0.717) is 0 Å². The van der Waals surface area contributed by atoms with E-state index in [0.717, 1.165) is 55.0 Å². The van der Waals surface area contributed by atoms with E-state index in [1.165, 1.54) is 16.9 Å². The quantitative estimate of drug-likeness (QED) is 0.587. The molecule has 0 saturated carbocycles. The first-order chi connectivity index (χ1) is 12.6. The Morgan fingerprint density at radius 3 is 2.38 bits per heavy atom. The Labute approximate surface area is 156 Å². The second-order valence-corrected chi connectivity index (χ2v) is 7.01. The van der Waals surface area contributed by atoms with Crippen molar-refractivity contribution in [2.45, 2.75) is 53.9 Å². The van der Waals surface area contributed by atoms with E-state index < -0.39 is 0 Å². The summed E-state index contributed by atoms with van der Waals surface area (Å²) in [6, 6.07) is 6.53. The lowest BCUT2D eigenvalue weighted by Crippen LogP contribution is -2.27. The first-order valence-corrected chi connectivity index (χ1v) is 9.79. The number of rotatable bonds is 7. The molecule has 0 aliphatic rings. The Bertz CT molecular complexity index is 889. The van der Waals surface area contributed by atoms with Crippen LogP contribution in [0.5, 0.6) is 0 Å². The van der Waals surface area contributed by atoms with Crippen LogP contribution in [0.1, 0.15) is 50.4 Å². The van der Waals surface area contributed by atoms with Crippen molar-refractivity contribution >= 4 is 11.5 Å². The van der Waals surface area contributed by atoms with Gasteiger partial charge in [-0.2, -0.15) is 0 Å². The average Bonchev–Trinajstić information content (AvgIpc) is 3.00. The molecule has 0 amide bonds. The molecule has 0 atom stereocenters. The molecular formula is C22H30N4. The third-order valence-corrected chi connectivity index (χ3v) is 4.85. The summed E-state index contributed by atoms with van der Waals surface area (Å²) in [6.07, 6.45) is 7.15. The molecular weight excluding hydrogens is 320 g/mol. The minimum absolute atomic E-state index is 0.924. The monoisotopic (exact) mass is 350 g/mol. The van der Waals surface area contributed by atoms with E-state index in [4.69, 9.17) is 9.97 Å².